The van der Waals surface area contributed by atoms with Gasteiger partial charge in [0.25, 0.3) is 6.01 Å². The molecule has 0 bridgehead atoms. The fourth-order valence-electron chi connectivity index (χ4n) is 1.40. The van der Waals surface area contributed by atoms with E-state index in [9.17, 15) is 0 Å². The van der Waals surface area contributed by atoms with Crippen molar-refractivity contribution in [2.75, 3.05) is 11.2 Å². The summed E-state index contributed by atoms with van der Waals surface area (Å²) >= 11 is 5.80. The zero-order chi connectivity index (χ0) is 11.5. The van der Waals surface area contributed by atoms with Gasteiger partial charge in [-0.3, -0.25) is 0 Å². The molecule has 1 N–H and O–H groups in total. The van der Waals surface area contributed by atoms with Crippen LogP contribution >= 0.6 is 11.6 Å². The lowest BCUT2D eigenvalue weighted by Crippen LogP contribution is -2.24. The van der Waals surface area contributed by atoms with E-state index in [1.165, 1.54) is 0 Å². The summed E-state index contributed by atoms with van der Waals surface area (Å²) in [5.74, 6) is 0.991. The fourth-order valence-corrected chi connectivity index (χ4v) is 1.67. The summed E-state index contributed by atoms with van der Waals surface area (Å²) in [6.07, 6.45) is 0. The fraction of sp³-hybridized carbons (Fsp3) is 0.417. The first-order chi connectivity index (χ1) is 7.70. The summed E-state index contributed by atoms with van der Waals surface area (Å²) < 4.78 is 5.57. The number of hydrogen-bond donors (Lipinski definition) is 1. The number of nitrogens with one attached hydrogen (secondary N) is 1. The van der Waals surface area contributed by atoms with Crippen LogP contribution in [0.2, 0.25) is 0 Å². The average Bonchev–Trinajstić information content (AvgIpc) is 2.69. The molecule has 2 unspecified atom stereocenters. The summed E-state index contributed by atoms with van der Waals surface area (Å²) in [5, 5.41) is 3.22. The molecule has 2 rings (SSSR count). The van der Waals surface area contributed by atoms with Crippen LogP contribution < -0.4 is 5.32 Å². The highest BCUT2D eigenvalue weighted by molar-refractivity contribution is 6.18. The van der Waals surface area contributed by atoms with Crippen LogP contribution in [0.4, 0.5) is 6.01 Å². The van der Waals surface area contributed by atoms with Crippen molar-refractivity contribution >= 4 is 28.7 Å². The highest BCUT2D eigenvalue weighted by Crippen LogP contribution is 2.20. The number of aromatic nitrogens is 1. The quantitative estimate of drug-likeness (QED) is 0.829. The molecule has 1 heterocycles. The topological polar surface area (TPSA) is 38.1 Å². The Morgan fingerprint density at radius 3 is 2.81 bits per heavy atom. The molecule has 86 valence electrons. The van der Waals surface area contributed by atoms with Gasteiger partial charge >= 0.3 is 0 Å². The van der Waals surface area contributed by atoms with Crippen LogP contribution in [-0.2, 0) is 0 Å². The first-order valence-corrected chi connectivity index (χ1v) is 5.92. The predicted molar refractivity (Wildman–Crippen MR) is 67.0 cm³/mol. The molecule has 0 aliphatic heterocycles. The normalized spacial score (nSPS) is 14.9. The maximum atomic E-state index is 5.80. The molecule has 4 heteroatoms. The number of anilines is 1. The van der Waals surface area contributed by atoms with Gasteiger partial charge in [0, 0.05) is 11.9 Å². The van der Waals surface area contributed by atoms with E-state index in [1.54, 1.807) is 0 Å². The highest BCUT2D eigenvalue weighted by Gasteiger charge is 2.13. The summed E-state index contributed by atoms with van der Waals surface area (Å²) in [6.45, 7) is 4.16. The molecule has 0 fully saturated rings. The van der Waals surface area contributed by atoms with E-state index in [1.807, 2.05) is 24.3 Å². The molecular weight excluding hydrogens is 224 g/mol. The van der Waals surface area contributed by atoms with Gasteiger partial charge in [-0.15, -0.1) is 11.6 Å². The monoisotopic (exact) mass is 238 g/mol. The van der Waals surface area contributed by atoms with Gasteiger partial charge in [-0.25, -0.2) is 0 Å². The summed E-state index contributed by atoms with van der Waals surface area (Å²) in [7, 11) is 0. The lowest BCUT2D eigenvalue weighted by Gasteiger charge is -2.17. The molecule has 0 aliphatic carbocycles. The third-order valence-electron chi connectivity index (χ3n) is 2.74. The lowest BCUT2D eigenvalue weighted by molar-refractivity contribution is 0.531. The van der Waals surface area contributed by atoms with E-state index < -0.39 is 0 Å². The lowest BCUT2D eigenvalue weighted by atomic mass is 10.1. The van der Waals surface area contributed by atoms with E-state index in [4.69, 9.17) is 16.0 Å². The highest BCUT2D eigenvalue weighted by atomic mass is 35.5. The number of nitrogens with zero attached hydrogens (tertiary/aromatic N) is 1. The van der Waals surface area contributed by atoms with Gasteiger partial charge in [-0.2, -0.15) is 4.98 Å². The second-order valence-corrected chi connectivity index (χ2v) is 4.36. The van der Waals surface area contributed by atoms with Gasteiger partial charge < -0.3 is 9.73 Å². The van der Waals surface area contributed by atoms with Crippen molar-refractivity contribution in [1.29, 1.82) is 0 Å². The smallest absolute Gasteiger partial charge is 0.295 e. The first kappa shape index (κ1) is 11.3. The predicted octanol–water partition coefficient (Wildman–Crippen LogP) is 3.50. The van der Waals surface area contributed by atoms with Crippen molar-refractivity contribution in [2.24, 2.45) is 5.92 Å². The molecule has 16 heavy (non-hydrogen) atoms. The Morgan fingerprint density at radius 2 is 2.12 bits per heavy atom. The zero-order valence-electron chi connectivity index (χ0n) is 9.40. The van der Waals surface area contributed by atoms with E-state index in [-0.39, 0.29) is 6.04 Å². The Morgan fingerprint density at radius 1 is 1.38 bits per heavy atom. The number of hydrogen-bond acceptors (Lipinski definition) is 3. The van der Waals surface area contributed by atoms with Gasteiger partial charge in [0.05, 0.1) is 0 Å². The van der Waals surface area contributed by atoms with Crippen molar-refractivity contribution in [2.45, 2.75) is 19.9 Å². The summed E-state index contributed by atoms with van der Waals surface area (Å²) in [4.78, 5) is 4.35. The Balaban J connectivity index is 2.15. The van der Waals surface area contributed by atoms with Crippen molar-refractivity contribution in [1.82, 2.24) is 4.98 Å². The standard InChI is InChI=1S/C12H15ClN2O/c1-8(7-13)9(2)14-12-15-10-5-3-4-6-11(10)16-12/h3-6,8-9H,7H2,1-2H3,(H,14,15). The second-order valence-electron chi connectivity index (χ2n) is 4.05. The van der Waals surface area contributed by atoms with Crippen LogP contribution in [0.3, 0.4) is 0 Å². The third kappa shape index (κ3) is 2.30. The largest absolute Gasteiger partial charge is 0.424 e. The first-order valence-electron chi connectivity index (χ1n) is 5.39. The third-order valence-corrected chi connectivity index (χ3v) is 3.23. The Kier molecular flexibility index (Phi) is 3.34. The van der Waals surface area contributed by atoms with Gasteiger partial charge in [0.2, 0.25) is 0 Å². The molecule has 2 aromatic rings. The van der Waals surface area contributed by atoms with Gasteiger partial charge in [-0.05, 0) is 25.0 Å². The van der Waals surface area contributed by atoms with Crippen molar-refractivity contribution in [3.8, 4) is 0 Å². The minimum absolute atomic E-state index is 0.241. The number of rotatable bonds is 4. The zero-order valence-corrected chi connectivity index (χ0v) is 10.2. The number of oxazole rings is 1. The van der Waals surface area contributed by atoms with Crippen LogP contribution in [0, 0.1) is 5.92 Å². The molecule has 0 spiro atoms. The van der Waals surface area contributed by atoms with E-state index >= 15 is 0 Å². The van der Waals surface area contributed by atoms with Gasteiger partial charge in [0.15, 0.2) is 5.58 Å². The maximum Gasteiger partial charge on any atom is 0.295 e. The minimum atomic E-state index is 0.241. The molecule has 0 amide bonds. The molecule has 1 aromatic carbocycles. The van der Waals surface area contributed by atoms with Crippen molar-refractivity contribution in [3.05, 3.63) is 24.3 Å². The molecular formula is C12H15ClN2O. The Labute approximate surface area is 99.8 Å². The molecule has 0 saturated carbocycles. The van der Waals surface area contributed by atoms with Crippen LogP contribution in [-0.4, -0.2) is 16.9 Å². The summed E-state index contributed by atoms with van der Waals surface area (Å²) in [5.41, 5.74) is 1.67. The second kappa shape index (κ2) is 4.74. The van der Waals surface area contributed by atoms with Gasteiger partial charge in [-0.1, -0.05) is 19.1 Å². The molecule has 0 radical (unpaired) electrons. The van der Waals surface area contributed by atoms with Crippen molar-refractivity contribution in [3.63, 3.8) is 0 Å². The van der Waals surface area contributed by atoms with Crippen LogP contribution in [0.1, 0.15) is 13.8 Å². The van der Waals surface area contributed by atoms with E-state index in [2.05, 4.69) is 24.1 Å². The van der Waals surface area contributed by atoms with E-state index in [0.29, 0.717) is 17.8 Å². The SMILES string of the molecule is CC(CCl)C(C)Nc1nc2ccccc2o1. The maximum absolute atomic E-state index is 5.80. The van der Waals surface area contributed by atoms with Gasteiger partial charge in [0.1, 0.15) is 5.52 Å². The molecule has 0 aliphatic rings. The Bertz CT molecular complexity index is 436. The molecule has 2 atom stereocenters. The number of benzene rings is 1. The number of halogens is 1. The molecule has 3 nitrogen and oxygen atoms in total. The summed E-state index contributed by atoms with van der Waals surface area (Å²) in [6, 6.07) is 8.51. The average molecular weight is 239 g/mol. The number of alkyl halides is 1. The number of fused-ring (bicyclic) bond motifs is 1. The van der Waals surface area contributed by atoms with Crippen molar-refractivity contribution < 1.29 is 4.42 Å². The number of para-hydroxylation sites is 2. The Hall–Kier alpha value is -1.22. The van der Waals surface area contributed by atoms with Crippen LogP contribution in [0.25, 0.3) is 11.1 Å². The van der Waals surface area contributed by atoms with Crippen LogP contribution in [0.15, 0.2) is 28.7 Å². The minimum Gasteiger partial charge on any atom is -0.424 e. The van der Waals surface area contributed by atoms with E-state index in [0.717, 1.165) is 11.1 Å². The van der Waals surface area contributed by atoms with Crippen LogP contribution in [0.5, 0.6) is 0 Å². The molecule has 0 saturated heterocycles. The molecule has 1 aromatic heterocycles.